The van der Waals surface area contributed by atoms with Gasteiger partial charge in [0.25, 0.3) is 0 Å². The van der Waals surface area contributed by atoms with Crippen molar-refractivity contribution in [3.05, 3.63) is 35.4 Å². The van der Waals surface area contributed by atoms with Gasteiger partial charge in [-0.05, 0) is 55.5 Å². The van der Waals surface area contributed by atoms with Gasteiger partial charge in [0.2, 0.25) is 0 Å². The summed E-state index contributed by atoms with van der Waals surface area (Å²) in [4.78, 5) is 2.38. The minimum Gasteiger partial charge on any atom is -0.316 e. The fourth-order valence-electron chi connectivity index (χ4n) is 3.49. The van der Waals surface area contributed by atoms with E-state index in [1.165, 1.54) is 31.4 Å². The molecule has 0 amide bonds. The second-order valence-electron chi connectivity index (χ2n) is 5.99. The number of nitrogens with one attached hydrogen (secondary N) is 1. The number of hydrogen-bond donors (Lipinski definition) is 1. The molecule has 1 spiro atoms. The maximum atomic E-state index is 13.2. The third kappa shape index (κ3) is 2.79. The van der Waals surface area contributed by atoms with E-state index in [0.717, 1.165) is 38.3 Å². The van der Waals surface area contributed by atoms with Gasteiger partial charge >= 0.3 is 0 Å². The number of benzene rings is 1. The molecule has 0 saturated carbocycles. The Labute approximate surface area is 112 Å². The summed E-state index contributed by atoms with van der Waals surface area (Å²) in [6, 6.07) is 4.23. The van der Waals surface area contributed by atoms with Crippen LogP contribution in [0.5, 0.6) is 0 Å². The summed E-state index contributed by atoms with van der Waals surface area (Å²) in [5.41, 5.74) is 1.28. The maximum Gasteiger partial charge on any atom is 0.159 e. The molecule has 2 aliphatic heterocycles. The van der Waals surface area contributed by atoms with Crippen molar-refractivity contribution >= 4 is 0 Å². The van der Waals surface area contributed by atoms with Gasteiger partial charge in [-0.1, -0.05) is 6.07 Å². The number of rotatable bonds is 2. The highest BCUT2D eigenvalue weighted by Gasteiger charge is 2.37. The lowest BCUT2D eigenvalue weighted by molar-refractivity contribution is 0.0977. The van der Waals surface area contributed by atoms with E-state index in [9.17, 15) is 8.78 Å². The minimum atomic E-state index is -0.765. The van der Waals surface area contributed by atoms with E-state index in [4.69, 9.17) is 0 Å². The van der Waals surface area contributed by atoms with Crippen LogP contribution in [0.4, 0.5) is 8.78 Å². The van der Waals surface area contributed by atoms with Crippen LogP contribution in [0, 0.1) is 17.0 Å². The number of piperidine rings is 1. The topological polar surface area (TPSA) is 15.3 Å². The Balaban J connectivity index is 1.67. The lowest BCUT2D eigenvalue weighted by Gasteiger charge is -2.40. The highest BCUT2D eigenvalue weighted by molar-refractivity contribution is 5.18. The predicted molar refractivity (Wildman–Crippen MR) is 70.8 cm³/mol. The van der Waals surface area contributed by atoms with Crippen molar-refractivity contribution in [3.8, 4) is 0 Å². The van der Waals surface area contributed by atoms with E-state index in [1.54, 1.807) is 6.07 Å². The minimum absolute atomic E-state index is 0.414. The first-order chi connectivity index (χ1) is 9.17. The third-order valence-electron chi connectivity index (χ3n) is 4.46. The van der Waals surface area contributed by atoms with Crippen LogP contribution in [0.3, 0.4) is 0 Å². The zero-order chi connectivity index (χ0) is 13.3. The SMILES string of the molecule is Fc1ccc(CN2CCCC3(CCNC3)C2)cc1F. The molecule has 2 nitrogen and oxygen atoms in total. The highest BCUT2D eigenvalue weighted by Crippen LogP contribution is 2.35. The monoisotopic (exact) mass is 266 g/mol. The van der Waals surface area contributed by atoms with Crippen molar-refractivity contribution in [3.63, 3.8) is 0 Å². The molecule has 3 rings (SSSR count). The van der Waals surface area contributed by atoms with Crippen LogP contribution in [0.2, 0.25) is 0 Å². The summed E-state index contributed by atoms with van der Waals surface area (Å²) in [5.74, 6) is -1.51. The number of likely N-dealkylation sites (tertiary alicyclic amines) is 1. The Morgan fingerprint density at radius 3 is 2.84 bits per heavy atom. The standard InChI is InChI=1S/C15H20F2N2/c16-13-3-2-12(8-14(13)17)9-19-7-1-4-15(11-19)5-6-18-10-15/h2-3,8,18H,1,4-7,9-11H2. The molecule has 1 atom stereocenters. The molecule has 0 aromatic heterocycles. The van der Waals surface area contributed by atoms with Crippen LogP contribution < -0.4 is 5.32 Å². The van der Waals surface area contributed by atoms with Crippen molar-refractivity contribution in [2.75, 3.05) is 26.2 Å². The molecule has 19 heavy (non-hydrogen) atoms. The average molecular weight is 266 g/mol. The number of nitrogens with zero attached hydrogens (tertiary/aromatic N) is 1. The molecular weight excluding hydrogens is 246 g/mol. The normalized spacial score (nSPS) is 28.1. The van der Waals surface area contributed by atoms with Gasteiger partial charge < -0.3 is 5.32 Å². The molecule has 4 heteroatoms. The average Bonchev–Trinajstić information content (AvgIpc) is 2.82. The van der Waals surface area contributed by atoms with Gasteiger partial charge in [-0.25, -0.2) is 8.78 Å². The molecule has 104 valence electrons. The zero-order valence-electron chi connectivity index (χ0n) is 11.1. The zero-order valence-corrected chi connectivity index (χ0v) is 11.1. The first-order valence-corrected chi connectivity index (χ1v) is 7.04. The quantitative estimate of drug-likeness (QED) is 0.885. The Hall–Kier alpha value is -1.00. The molecule has 0 aliphatic carbocycles. The van der Waals surface area contributed by atoms with Gasteiger partial charge in [-0.15, -0.1) is 0 Å². The summed E-state index contributed by atoms with van der Waals surface area (Å²) in [7, 11) is 0. The van der Waals surface area contributed by atoms with Crippen LogP contribution >= 0.6 is 0 Å². The molecular formula is C15H20F2N2. The van der Waals surface area contributed by atoms with Gasteiger partial charge in [-0.3, -0.25) is 4.90 Å². The predicted octanol–water partition coefficient (Wildman–Crippen LogP) is 2.54. The van der Waals surface area contributed by atoms with Crippen LogP contribution in [-0.4, -0.2) is 31.1 Å². The fourth-order valence-corrected chi connectivity index (χ4v) is 3.49. The van der Waals surface area contributed by atoms with Crippen LogP contribution in [0.1, 0.15) is 24.8 Å². The second kappa shape index (κ2) is 5.17. The first kappa shape index (κ1) is 13.0. The van der Waals surface area contributed by atoms with Crippen molar-refractivity contribution in [2.45, 2.75) is 25.8 Å². The Kier molecular flexibility index (Phi) is 3.54. The molecule has 1 aromatic carbocycles. The van der Waals surface area contributed by atoms with Gasteiger partial charge in [-0.2, -0.15) is 0 Å². The van der Waals surface area contributed by atoms with Crippen LogP contribution in [0.15, 0.2) is 18.2 Å². The van der Waals surface area contributed by atoms with Crippen molar-refractivity contribution < 1.29 is 8.78 Å². The fraction of sp³-hybridized carbons (Fsp3) is 0.600. The highest BCUT2D eigenvalue weighted by atomic mass is 19.2. The lowest BCUT2D eigenvalue weighted by Crippen LogP contribution is -2.44. The Morgan fingerprint density at radius 1 is 1.21 bits per heavy atom. The van der Waals surface area contributed by atoms with Crippen LogP contribution in [0.25, 0.3) is 0 Å². The molecule has 2 aliphatic rings. The molecule has 1 unspecified atom stereocenters. The molecule has 2 heterocycles. The lowest BCUT2D eigenvalue weighted by atomic mass is 9.79. The molecule has 1 aromatic rings. The van der Waals surface area contributed by atoms with Crippen molar-refractivity contribution in [1.82, 2.24) is 10.2 Å². The molecule has 2 saturated heterocycles. The summed E-state index contributed by atoms with van der Waals surface area (Å²) in [6.45, 7) is 5.05. The second-order valence-corrected chi connectivity index (χ2v) is 5.99. The first-order valence-electron chi connectivity index (χ1n) is 7.04. The van der Waals surface area contributed by atoms with E-state index in [2.05, 4.69) is 10.2 Å². The van der Waals surface area contributed by atoms with Gasteiger partial charge in [0.15, 0.2) is 11.6 Å². The molecule has 2 fully saturated rings. The summed E-state index contributed by atoms with van der Waals surface area (Å²) in [5, 5.41) is 3.45. The van der Waals surface area contributed by atoms with E-state index < -0.39 is 11.6 Å². The summed E-state index contributed by atoms with van der Waals surface area (Å²) >= 11 is 0. The van der Waals surface area contributed by atoms with Crippen molar-refractivity contribution in [1.29, 1.82) is 0 Å². The van der Waals surface area contributed by atoms with Crippen LogP contribution in [-0.2, 0) is 6.54 Å². The van der Waals surface area contributed by atoms with E-state index in [0.29, 0.717) is 5.41 Å². The van der Waals surface area contributed by atoms with E-state index >= 15 is 0 Å². The summed E-state index contributed by atoms with van der Waals surface area (Å²) in [6.07, 6.45) is 3.72. The van der Waals surface area contributed by atoms with Gasteiger partial charge in [0, 0.05) is 19.6 Å². The maximum absolute atomic E-state index is 13.2. The Bertz CT molecular complexity index is 455. The van der Waals surface area contributed by atoms with E-state index in [-0.39, 0.29) is 0 Å². The molecule has 1 N–H and O–H groups in total. The molecule has 0 bridgehead atoms. The third-order valence-corrected chi connectivity index (χ3v) is 4.46. The summed E-state index contributed by atoms with van der Waals surface area (Å²) < 4.78 is 26.1. The van der Waals surface area contributed by atoms with Crippen molar-refractivity contribution in [2.24, 2.45) is 5.41 Å². The smallest absolute Gasteiger partial charge is 0.159 e. The largest absolute Gasteiger partial charge is 0.316 e. The molecule has 0 radical (unpaired) electrons. The Morgan fingerprint density at radius 2 is 2.11 bits per heavy atom. The van der Waals surface area contributed by atoms with E-state index in [1.807, 2.05) is 0 Å². The number of hydrogen-bond acceptors (Lipinski definition) is 2. The van der Waals surface area contributed by atoms with Gasteiger partial charge in [0.05, 0.1) is 0 Å². The number of halogens is 2. The van der Waals surface area contributed by atoms with Gasteiger partial charge in [0.1, 0.15) is 0 Å².